The number of nitrogens with zero attached hydrogens (tertiary/aromatic N) is 3. The summed E-state index contributed by atoms with van der Waals surface area (Å²) >= 11 is 0. The molecule has 11 heteroatoms. The van der Waals surface area contributed by atoms with E-state index in [0.29, 0.717) is 11.4 Å². The normalized spacial score (nSPS) is 16.3. The van der Waals surface area contributed by atoms with Crippen LogP contribution in [0.1, 0.15) is 12.5 Å². The Hall–Kier alpha value is -2.63. The maximum absolute atomic E-state index is 13.2. The quantitative estimate of drug-likeness (QED) is 0.579. The van der Waals surface area contributed by atoms with E-state index in [1.807, 2.05) is 6.92 Å². The summed E-state index contributed by atoms with van der Waals surface area (Å²) in [4.78, 5) is 14.9. The van der Waals surface area contributed by atoms with Gasteiger partial charge in [-0.15, -0.1) is 0 Å². The van der Waals surface area contributed by atoms with Crippen molar-refractivity contribution >= 4 is 31.6 Å². The molecule has 2 aromatic rings. The van der Waals surface area contributed by atoms with Crippen LogP contribution in [-0.2, 0) is 24.8 Å². The molecule has 33 heavy (non-hydrogen) atoms. The zero-order valence-corrected chi connectivity index (χ0v) is 20.8. The summed E-state index contributed by atoms with van der Waals surface area (Å²) in [5.74, 6) is 0.181. The summed E-state index contributed by atoms with van der Waals surface area (Å²) in [7, 11) is -5.91. The van der Waals surface area contributed by atoms with Gasteiger partial charge in [-0.25, -0.2) is 16.8 Å². The molecule has 1 saturated heterocycles. The third-order valence-corrected chi connectivity index (χ3v) is 8.76. The molecule has 1 heterocycles. The molecule has 0 spiro atoms. The highest BCUT2D eigenvalue weighted by Gasteiger charge is 2.35. The number of benzene rings is 2. The lowest BCUT2D eigenvalue weighted by molar-refractivity contribution is -0.133. The first kappa shape index (κ1) is 25.0. The molecule has 0 unspecified atom stereocenters. The van der Waals surface area contributed by atoms with E-state index in [1.165, 1.54) is 23.2 Å². The number of rotatable bonds is 7. The highest BCUT2D eigenvalue weighted by molar-refractivity contribution is 7.92. The number of anilines is 1. The second-order valence-corrected chi connectivity index (χ2v) is 11.8. The van der Waals surface area contributed by atoms with Gasteiger partial charge in [0.05, 0.1) is 23.9 Å². The van der Waals surface area contributed by atoms with Gasteiger partial charge < -0.3 is 9.64 Å². The molecule has 1 atom stereocenters. The number of aryl methyl sites for hydroxylation is 1. The van der Waals surface area contributed by atoms with Crippen molar-refractivity contribution in [3.05, 3.63) is 54.1 Å². The average Bonchev–Trinajstić information content (AvgIpc) is 2.78. The summed E-state index contributed by atoms with van der Waals surface area (Å²) in [5, 5.41) is 0. The predicted octanol–water partition coefficient (Wildman–Crippen LogP) is 1.69. The number of carbonyl (C=O) groups is 1. The number of amides is 1. The van der Waals surface area contributed by atoms with E-state index in [0.717, 1.165) is 16.1 Å². The summed E-state index contributed by atoms with van der Waals surface area (Å²) < 4.78 is 58.4. The Balaban J connectivity index is 1.73. The SMILES string of the molecule is COc1ccc(N([C@@H](C)C(=O)N2CCN(S(=O)(=O)c3ccc(C)cc3)CC2)S(C)(=O)=O)cc1. The maximum atomic E-state index is 13.2. The molecule has 0 saturated carbocycles. The lowest BCUT2D eigenvalue weighted by Crippen LogP contribution is -2.56. The lowest BCUT2D eigenvalue weighted by Gasteiger charge is -2.37. The van der Waals surface area contributed by atoms with E-state index in [-0.39, 0.29) is 37.0 Å². The van der Waals surface area contributed by atoms with Gasteiger partial charge >= 0.3 is 0 Å². The Labute approximate surface area is 195 Å². The smallest absolute Gasteiger partial charge is 0.246 e. The lowest BCUT2D eigenvalue weighted by atomic mass is 10.2. The predicted molar refractivity (Wildman–Crippen MR) is 126 cm³/mol. The third-order valence-electron chi connectivity index (χ3n) is 5.60. The molecule has 1 aliphatic rings. The fourth-order valence-corrected chi connectivity index (χ4v) is 6.40. The Morgan fingerprint density at radius 2 is 1.48 bits per heavy atom. The fraction of sp³-hybridized carbons (Fsp3) is 0.409. The molecule has 0 bridgehead atoms. The molecule has 180 valence electrons. The Morgan fingerprint density at radius 3 is 1.97 bits per heavy atom. The van der Waals surface area contributed by atoms with E-state index in [9.17, 15) is 21.6 Å². The van der Waals surface area contributed by atoms with Crippen LogP contribution in [0, 0.1) is 6.92 Å². The molecule has 1 fully saturated rings. The van der Waals surface area contributed by atoms with E-state index >= 15 is 0 Å². The van der Waals surface area contributed by atoms with Gasteiger partial charge in [0.1, 0.15) is 11.8 Å². The maximum Gasteiger partial charge on any atom is 0.246 e. The van der Waals surface area contributed by atoms with Crippen LogP contribution < -0.4 is 9.04 Å². The molecule has 9 nitrogen and oxygen atoms in total. The van der Waals surface area contributed by atoms with Crippen molar-refractivity contribution in [2.75, 3.05) is 43.8 Å². The van der Waals surface area contributed by atoms with Gasteiger partial charge in [0.25, 0.3) is 0 Å². The van der Waals surface area contributed by atoms with Crippen LogP contribution in [0.2, 0.25) is 0 Å². The van der Waals surface area contributed by atoms with Crippen molar-refractivity contribution in [2.24, 2.45) is 0 Å². The van der Waals surface area contributed by atoms with Crippen LogP contribution in [0.25, 0.3) is 0 Å². The number of hydrogen-bond donors (Lipinski definition) is 0. The van der Waals surface area contributed by atoms with Gasteiger partial charge in [0, 0.05) is 26.2 Å². The minimum absolute atomic E-state index is 0.135. The van der Waals surface area contributed by atoms with Crippen molar-refractivity contribution in [1.29, 1.82) is 0 Å². The minimum atomic E-state index is -3.76. The van der Waals surface area contributed by atoms with Gasteiger partial charge in [0.15, 0.2) is 0 Å². The summed E-state index contributed by atoms with van der Waals surface area (Å²) in [6.07, 6.45) is 1.05. The summed E-state index contributed by atoms with van der Waals surface area (Å²) in [5.41, 5.74) is 1.31. The number of methoxy groups -OCH3 is 1. The molecule has 0 aromatic heterocycles. The van der Waals surface area contributed by atoms with E-state index in [4.69, 9.17) is 4.74 Å². The Bertz CT molecular complexity index is 1190. The molecule has 0 radical (unpaired) electrons. The molecule has 3 rings (SSSR count). The largest absolute Gasteiger partial charge is 0.497 e. The van der Waals surface area contributed by atoms with Crippen LogP contribution in [0.5, 0.6) is 5.75 Å². The van der Waals surface area contributed by atoms with Crippen LogP contribution in [0.15, 0.2) is 53.4 Å². The molecule has 1 amide bonds. The highest BCUT2D eigenvalue weighted by atomic mass is 32.2. The number of ether oxygens (including phenoxy) is 1. The average molecular weight is 496 g/mol. The zero-order chi connectivity index (χ0) is 24.4. The molecule has 1 aliphatic heterocycles. The fourth-order valence-electron chi connectivity index (χ4n) is 3.80. The van der Waals surface area contributed by atoms with Crippen molar-refractivity contribution in [3.63, 3.8) is 0 Å². The monoisotopic (exact) mass is 495 g/mol. The first-order valence-electron chi connectivity index (χ1n) is 10.4. The topological polar surface area (TPSA) is 104 Å². The van der Waals surface area contributed by atoms with Crippen LogP contribution in [-0.4, -0.2) is 77.5 Å². The van der Waals surface area contributed by atoms with Crippen molar-refractivity contribution in [2.45, 2.75) is 24.8 Å². The van der Waals surface area contributed by atoms with Gasteiger partial charge in [-0.1, -0.05) is 17.7 Å². The second-order valence-electron chi connectivity index (χ2n) is 7.98. The standard InChI is InChI=1S/C22H29N3O6S2/c1-17-5-11-21(12-6-17)33(29,30)24-15-13-23(14-16-24)22(26)18(2)25(32(4,27)28)19-7-9-20(31-3)10-8-19/h5-12,18H,13-16H2,1-4H3/t18-/m0/s1. The van der Waals surface area contributed by atoms with Crippen molar-refractivity contribution in [3.8, 4) is 5.75 Å². The Morgan fingerprint density at radius 1 is 0.939 bits per heavy atom. The molecule has 2 aromatic carbocycles. The first-order valence-corrected chi connectivity index (χ1v) is 13.7. The van der Waals surface area contributed by atoms with Crippen LogP contribution in [0.3, 0.4) is 0 Å². The van der Waals surface area contributed by atoms with Crippen molar-refractivity contribution in [1.82, 2.24) is 9.21 Å². The number of carbonyl (C=O) groups excluding carboxylic acids is 1. The van der Waals surface area contributed by atoms with Gasteiger partial charge in [-0.3, -0.25) is 9.10 Å². The summed E-state index contributed by atoms with van der Waals surface area (Å²) in [6.45, 7) is 4.03. The number of hydrogen-bond acceptors (Lipinski definition) is 6. The summed E-state index contributed by atoms with van der Waals surface area (Å²) in [6, 6.07) is 12.0. The molecule has 0 N–H and O–H groups in total. The van der Waals surface area contributed by atoms with E-state index in [1.54, 1.807) is 48.5 Å². The van der Waals surface area contributed by atoms with Crippen LogP contribution in [0.4, 0.5) is 5.69 Å². The van der Waals surface area contributed by atoms with E-state index in [2.05, 4.69) is 0 Å². The molecular formula is C22H29N3O6S2. The third kappa shape index (κ3) is 5.48. The number of sulfonamides is 2. The van der Waals surface area contributed by atoms with Gasteiger partial charge in [-0.2, -0.15) is 4.31 Å². The van der Waals surface area contributed by atoms with E-state index < -0.39 is 26.1 Å². The second kappa shape index (κ2) is 9.70. The first-order chi connectivity index (χ1) is 15.4. The minimum Gasteiger partial charge on any atom is -0.497 e. The molecule has 0 aliphatic carbocycles. The highest BCUT2D eigenvalue weighted by Crippen LogP contribution is 2.25. The van der Waals surface area contributed by atoms with Crippen LogP contribution >= 0.6 is 0 Å². The zero-order valence-electron chi connectivity index (χ0n) is 19.1. The van der Waals surface area contributed by atoms with Gasteiger partial charge in [0.2, 0.25) is 26.0 Å². The van der Waals surface area contributed by atoms with Gasteiger partial charge in [-0.05, 0) is 50.2 Å². The Kier molecular flexibility index (Phi) is 7.35. The molecular weight excluding hydrogens is 466 g/mol. The number of piperazine rings is 1. The van der Waals surface area contributed by atoms with Crippen molar-refractivity contribution < 1.29 is 26.4 Å².